The molecule has 0 N–H and O–H groups in total. The molecule has 0 radical (unpaired) electrons. The van der Waals surface area contributed by atoms with Crippen LogP contribution < -0.4 is 0 Å². The minimum Gasteiger partial charge on any atom is -0.192 e. The van der Waals surface area contributed by atoms with Gasteiger partial charge in [-0.3, -0.25) is 0 Å². The molecule has 0 saturated heterocycles. The van der Waals surface area contributed by atoms with E-state index in [-0.39, 0.29) is 16.9 Å². The zero-order chi connectivity index (χ0) is 9.78. The molecule has 0 bridgehead atoms. The first kappa shape index (κ1) is 10.7. The molecule has 0 aromatic rings. The number of nitrogens with zero attached hydrogens (tertiary/aromatic N) is 2. The Bertz CT molecular complexity index is 239. The van der Waals surface area contributed by atoms with E-state index in [1.807, 2.05) is 19.1 Å². The number of nitriles is 2. The molecular formula is C10H14N2. The van der Waals surface area contributed by atoms with Gasteiger partial charge < -0.3 is 0 Å². The highest BCUT2D eigenvalue weighted by molar-refractivity contribution is 5.35. The molecule has 0 rings (SSSR count). The van der Waals surface area contributed by atoms with Crippen LogP contribution in [-0.4, -0.2) is 0 Å². The SMILES string of the molecule is C[C@@H](C=C(C#N)C#N)C(C)(C)C. The second-order valence-corrected chi connectivity index (χ2v) is 3.96. The van der Waals surface area contributed by atoms with Gasteiger partial charge in [0.25, 0.3) is 0 Å². The van der Waals surface area contributed by atoms with Crippen LogP contribution in [0.5, 0.6) is 0 Å². The molecule has 64 valence electrons. The van der Waals surface area contributed by atoms with Gasteiger partial charge in [-0.05, 0) is 11.3 Å². The van der Waals surface area contributed by atoms with Crippen LogP contribution in [0.3, 0.4) is 0 Å². The van der Waals surface area contributed by atoms with Crippen LogP contribution in [-0.2, 0) is 0 Å². The lowest BCUT2D eigenvalue weighted by Gasteiger charge is -2.23. The van der Waals surface area contributed by atoms with Gasteiger partial charge in [0.15, 0.2) is 0 Å². The molecule has 0 fully saturated rings. The van der Waals surface area contributed by atoms with Gasteiger partial charge >= 0.3 is 0 Å². The van der Waals surface area contributed by atoms with Crippen LogP contribution in [0.1, 0.15) is 27.7 Å². The zero-order valence-corrected chi connectivity index (χ0v) is 8.05. The number of hydrogen-bond acceptors (Lipinski definition) is 2. The molecule has 1 atom stereocenters. The Morgan fingerprint density at radius 3 is 1.92 bits per heavy atom. The summed E-state index contributed by atoms with van der Waals surface area (Å²) in [5.74, 6) is 0.242. The van der Waals surface area contributed by atoms with E-state index in [2.05, 4.69) is 20.8 Å². The highest BCUT2D eigenvalue weighted by Gasteiger charge is 2.18. The Morgan fingerprint density at radius 2 is 1.67 bits per heavy atom. The summed E-state index contributed by atoms with van der Waals surface area (Å²) >= 11 is 0. The lowest BCUT2D eigenvalue weighted by Crippen LogP contribution is -2.15. The molecule has 0 aromatic carbocycles. The number of rotatable bonds is 1. The molecule has 0 heterocycles. The zero-order valence-electron chi connectivity index (χ0n) is 8.05. The number of hydrogen-bond donors (Lipinski definition) is 0. The molecule has 0 spiro atoms. The summed E-state index contributed by atoms with van der Waals surface area (Å²) in [5, 5.41) is 17.0. The molecule has 0 aliphatic heterocycles. The average molecular weight is 162 g/mol. The quantitative estimate of drug-likeness (QED) is 0.556. The van der Waals surface area contributed by atoms with Crippen molar-refractivity contribution < 1.29 is 0 Å². The van der Waals surface area contributed by atoms with E-state index in [1.54, 1.807) is 6.08 Å². The Hall–Kier alpha value is -1.28. The molecule has 0 aromatic heterocycles. The summed E-state index contributed by atoms with van der Waals surface area (Å²) in [6.45, 7) is 8.26. The van der Waals surface area contributed by atoms with E-state index in [0.29, 0.717) is 0 Å². The summed E-state index contributed by atoms with van der Waals surface area (Å²) in [6, 6.07) is 3.71. The lowest BCUT2D eigenvalue weighted by atomic mass is 9.81. The highest BCUT2D eigenvalue weighted by Crippen LogP contribution is 2.26. The van der Waals surface area contributed by atoms with Gasteiger partial charge in [0.2, 0.25) is 0 Å². The third kappa shape index (κ3) is 3.21. The Kier molecular flexibility index (Phi) is 3.51. The van der Waals surface area contributed by atoms with E-state index in [0.717, 1.165) is 0 Å². The maximum Gasteiger partial charge on any atom is 0.125 e. The fraction of sp³-hybridized carbons (Fsp3) is 0.600. The van der Waals surface area contributed by atoms with Crippen molar-refractivity contribution in [2.45, 2.75) is 27.7 Å². The van der Waals surface area contributed by atoms with Crippen molar-refractivity contribution in [3.63, 3.8) is 0 Å². The Balaban J connectivity index is 4.58. The van der Waals surface area contributed by atoms with Gasteiger partial charge in [-0.2, -0.15) is 10.5 Å². The van der Waals surface area contributed by atoms with E-state index in [9.17, 15) is 0 Å². The summed E-state index contributed by atoms with van der Waals surface area (Å²) in [4.78, 5) is 0. The van der Waals surface area contributed by atoms with Crippen molar-refractivity contribution in [3.8, 4) is 12.1 Å². The monoisotopic (exact) mass is 162 g/mol. The van der Waals surface area contributed by atoms with Crippen LogP contribution in [0.4, 0.5) is 0 Å². The molecule has 0 amide bonds. The molecule has 0 aliphatic carbocycles. The molecule has 2 heteroatoms. The van der Waals surface area contributed by atoms with E-state index < -0.39 is 0 Å². The van der Waals surface area contributed by atoms with Crippen molar-refractivity contribution >= 4 is 0 Å². The predicted molar refractivity (Wildman–Crippen MR) is 47.9 cm³/mol. The first-order valence-electron chi connectivity index (χ1n) is 3.94. The predicted octanol–water partition coefficient (Wildman–Crippen LogP) is 2.64. The smallest absolute Gasteiger partial charge is 0.125 e. The molecule has 12 heavy (non-hydrogen) atoms. The fourth-order valence-corrected chi connectivity index (χ4v) is 0.600. The van der Waals surface area contributed by atoms with Crippen LogP contribution in [0, 0.1) is 34.0 Å². The lowest BCUT2D eigenvalue weighted by molar-refractivity contribution is 0.314. The Labute approximate surface area is 74.1 Å². The summed E-state index contributed by atoms with van der Waals surface area (Å²) in [7, 11) is 0. The van der Waals surface area contributed by atoms with Gasteiger partial charge in [-0.1, -0.05) is 33.8 Å². The van der Waals surface area contributed by atoms with Crippen LogP contribution in [0.2, 0.25) is 0 Å². The van der Waals surface area contributed by atoms with Crippen LogP contribution >= 0.6 is 0 Å². The first-order chi connectivity index (χ1) is 5.41. The minimum atomic E-state index is 0.110. The van der Waals surface area contributed by atoms with Crippen LogP contribution in [0.15, 0.2) is 11.6 Å². The van der Waals surface area contributed by atoms with Gasteiger partial charge in [-0.25, -0.2) is 0 Å². The maximum atomic E-state index is 8.50. The van der Waals surface area contributed by atoms with Crippen LogP contribution in [0.25, 0.3) is 0 Å². The maximum absolute atomic E-state index is 8.50. The Morgan fingerprint density at radius 1 is 1.25 bits per heavy atom. The van der Waals surface area contributed by atoms with Crippen molar-refractivity contribution in [2.75, 3.05) is 0 Å². The molecule has 0 saturated carbocycles. The second-order valence-electron chi connectivity index (χ2n) is 3.96. The second kappa shape index (κ2) is 3.93. The molecule has 0 aliphatic rings. The fourth-order valence-electron chi connectivity index (χ4n) is 0.600. The van der Waals surface area contributed by atoms with E-state index >= 15 is 0 Å². The van der Waals surface area contributed by atoms with Crippen molar-refractivity contribution in [2.24, 2.45) is 11.3 Å². The van der Waals surface area contributed by atoms with Crippen molar-refractivity contribution in [3.05, 3.63) is 11.6 Å². The summed E-state index contributed by atoms with van der Waals surface area (Å²) in [5.41, 5.74) is 0.316. The van der Waals surface area contributed by atoms with Gasteiger partial charge in [0, 0.05) is 0 Å². The summed E-state index contributed by atoms with van der Waals surface area (Å²) in [6.07, 6.45) is 1.72. The van der Waals surface area contributed by atoms with Crippen molar-refractivity contribution in [1.29, 1.82) is 10.5 Å². The normalized spacial score (nSPS) is 12.5. The summed E-state index contributed by atoms with van der Waals surface area (Å²) < 4.78 is 0. The van der Waals surface area contributed by atoms with Crippen molar-refractivity contribution in [1.82, 2.24) is 0 Å². The first-order valence-corrected chi connectivity index (χ1v) is 3.94. The van der Waals surface area contributed by atoms with Gasteiger partial charge in [-0.15, -0.1) is 0 Å². The van der Waals surface area contributed by atoms with Gasteiger partial charge in [0.1, 0.15) is 17.7 Å². The average Bonchev–Trinajstić information content (AvgIpc) is 1.97. The largest absolute Gasteiger partial charge is 0.192 e. The van der Waals surface area contributed by atoms with Gasteiger partial charge in [0.05, 0.1) is 0 Å². The van der Waals surface area contributed by atoms with E-state index in [1.165, 1.54) is 0 Å². The molecular weight excluding hydrogens is 148 g/mol. The topological polar surface area (TPSA) is 47.6 Å². The minimum absolute atomic E-state index is 0.110. The van der Waals surface area contributed by atoms with E-state index in [4.69, 9.17) is 10.5 Å². The molecule has 0 unspecified atom stereocenters. The third-order valence-electron chi connectivity index (χ3n) is 2.02. The number of allylic oxidation sites excluding steroid dienone is 2. The third-order valence-corrected chi connectivity index (χ3v) is 2.02. The standard InChI is InChI=1S/C10H14N2/c1-8(10(2,3)4)5-9(6-11)7-12/h5,8H,1-4H3/t8-/m0/s1. The highest BCUT2D eigenvalue weighted by atomic mass is 14.3. The molecule has 2 nitrogen and oxygen atoms in total.